The Labute approximate surface area is 206 Å². The predicted octanol–water partition coefficient (Wildman–Crippen LogP) is 5.43. The monoisotopic (exact) mass is 496 g/mol. The molecule has 2 aromatic heterocycles. The Kier molecular flexibility index (Phi) is 5.90. The molecule has 0 fully saturated rings. The molecule has 0 bridgehead atoms. The van der Waals surface area contributed by atoms with Crippen LogP contribution in [0.1, 0.15) is 31.4 Å². The third kappa shape index (κ3) is 4.28. The lowest BCUT2D eigenvalue weighted by molar-refractivity contribution is -0.260. The van der Waals surface area contributed by atoms with Gasteiger partial charge >= 0.3 is 6.18 Å². The van der Waals surface area contributed by atoms with E-state index in [4.69, 9.17) is 4.74 Å². The van der Waals surface area contributed by atoms with Gasteiger partial charge in [0.2, 0.25) is 0 Å². The molecule has 188 valence electrons. The molecular weight excluding hydrogens is 469 g/mol. The summed E-state index contributed by atoms with van der Waals surface area (Å²) < 4.78 is 50.4. The second-order valence-electron chi connectivity index (χ2n) is 9.84. The number of nitrogens with one attached hydrogen (secondary N) is 1. The average Bonchev–Trinajstić information content (AvgIpc) is 3.49. The first kappa shape index (κ1) is 24.1. The second kappa shape index (κ2) is 8.81. The van der Waals surface area contributed by atoms with Gasteiger partial charge in [-0.15, -0.1) is 0 Å². The van der Waals surface area contributed by atoms with Crippen LogP contribution in [-0.2, 0) is 11.8 Å². The smallest absolute Gasteiger partial charge is 0.418 e. The molecular formula is C27H27F3N4O2. The SMILES string of the molecule is CC(C)(CC(O)(CNc1cccc2c1cnn2-c1ccncc1)C(F)(F)F)c1cccc2c1OCC2. The molecule has 5 rings (SSSR count). The molecule has 1 aliphatic heterocycles. The van der Waals surface area contributed by atoms with Gasteiger partial charge in [-0.1, -0.05) is 38.1 Å². The topological polar surface area (TPSA) is 72.2 Å². The fourth-order valence-corrected chi connectivity index (χ4v) is 4.98. The van der Waals surface area contributed by atoms with Crippen molar-refractivity contribution in [2.45, 2.75) is 43.9 Å². The molecule has 0 spiro atoms. The maximum absolute atomic E-state index is 14.3. The van der Waals surface area contributed by atoms with Gasteiger partial charge in [0.1, 0.15) is 5.75 Å². The molecule has 36 heavy (non-hydrogen) atoms. The van der Waals surface area contributed by atoms with Gasteiger partial charge in [0.05, 0.1) is 30.6 Å². The van der Waals surface area contributed by atoms with Crippen molar-refractivity contribution in [3.63, 3.8) is 0 Å². The van der Waals surface area contributed by atoms with E-state index in [2.05, 4.69) is 15.4 Å². The summed E-state index contributed by atoms with van der Waals surface area (Å²) in [6.07, 6.45) is 0.210. The summed E-state index contributed by atoms with van der Waals surface area (Å²) >= 11 is 0. The Morgan fingerprint density at radius 3 is 2.56 bits per heavy atom. The highest BCUT2D eigenvalue weighted by molar-refractivity contribution is 5.92. The summed E-state index contributed by atoms with van der Waals surface area (Å²) in [5, 5.41) is 19.0. The van der Waals surface area contributed by atoms with Crippen molar-refractivity contribution in [2.24, 2.45) is 0 Å². The molecule has 2 aromatic carbocycles. The van der Waals surface area contributed by atoms with Crippen LogP contribution in [0.4, 0.5) is 18.9 Å². The fraction of sp³-hybridized carbons (Fsp3) is 0.333. The number of halogens is 3. The normalized spacial score (nSPS) is 15.4. The van der Waals surface area contributed by atoms with Crippen LogP contribution in [0, 0.1) is 0 Å². The van der Waals surface area contributed by atoms with Gasteiger partial charge in [0, 0.05) is 35.5 Å². The van der Waals surface area contributed by atoms with Crippen molar-refractivity contribution in [2.75, 3.05) is 18.5 Å². The van der Waals surface area contributed by atoms with Gasteiger partial charge in [-0.2, -0.15) is 18.3 Å². The van der Waals surface area contributed by atoms with Gasteiger partial charge in [-0.05, 0) is 41.7 Å². The van der Waals surface area contributed by atoms with Crippen LogP contribution in [0.25, 0.3) is 16.6 Å². The summed E-state index contributed by atoms with van der Waals surface area (Å²) in [5.41, 5.74) is -0.381. The number of rotatable bonds is 7. The summed E-state index contributed by atoms with van der Waals surface area (Å²) in [7, 11) is 0. The number of aliphatic hydroxyl groups is 1. The lowest BCUT2D eigenvalue weighted by Gasteiger charge is -2.38. The number of hydrogen-bond acceptors (Lipinski definition) is 5. The van der Waals surface area contributed by atoms with Crippen molar-refractivity contribution in [3.05, 3.63) is 78.2 Å². The summed E-state index contributed by atoms with van der Waals surface area (Å²) in [4.78, 5) is 4.01. The van der Waals surface area contributed by atoms with Crippen LogP contribution in [0.5, 0.6) is 5.75 Å². The molecule has 6 nitrogen and oxygen atoms in total. The highest BCUT2D eigenvalue weighted by Crippen LogP contribution is 2.45. The van der Waals surface area contributed by atoms with Crippen LogP contribution < -0.4 is 10.1 Å². The molecule has 3 heterocycles. The Morgan fingerprint density at radius 2 is 1.81 bits per heavy atom. The molecule has 1 aliphatic rings. The minimum Gasteiger partial charge on any atom is -0.493 e. The van der Waals surface area contributed by atoms with Crippen molar-refractivity contribution < 1.29 is 23.0 Å². The van der Waals surface area contributed by atoms with E-state index in [-0.39, 0.29) is 0 Å². The van der Waals surface area contributed by atoms with Gasteiger partial charge in [-0.25, -0.2) is 4.68 Å². The van der Waals surface area contributed by atoms with E-state index in [1.54, 1.807) is 67.5 Å². The molecule has 9 heteroatoms. The molecule has 0 saturated heterocycles. The number of hydrogen-bond donors (Lipinski definition) is 2. The quantitative estimate of drug-likeness (QED) is 0.357. The van der Waals surface area contributed by atoms with E-state index in [9.17, 15) is 18.3 Å². The number of para-hydroxylation sites is 1. The van der Waals surface area contributed by atoms with Gasteiger partial charge in [-0.3, -0.25) is 4.98 Å². The highest BCUT2D eigenvalue weighted by Gasteiger charge is 2.56. The van der Waals surface area contributed by atoms with Crippen LogP contribution in [0.3, 0.4) is 0 Å². The van der Waals surface area contributed by atoms with E-state index in [0.29, 0.717) is 29.0 Å². The van der Waals surface area contributed by atoms with E-state index < -0.39 is 30.2 Å². The number of fused-ring (bicyclic) bond motifs is 2. The molecule has 0 aliphatic carbocycles. The van der Waals surface area contributed by atoms with Crippen molar-refractivity contribution in [1.82, 2.24) is 14.8 Å². The minimum atomic E-state index is -4.86. The zero-order valence-corrected chi connectivity index (χ0v) is 20.0. The largest absolute Gasteiger partial charge is 0.493 e. The van der Waals surface area contributed by atoms with Crippen molar-refractivity contribution >= 4 is 16.6 Å². The van der Waals surface area contributed by atoms with Gasteiger partial charge in [0.25, 0.3) is 0 Å². The average molecular weight is 497 g/mol. The molecule has 4 aromatic rings. The predicted molar refractivity (Wildman–Crippen MR) is 132 cm³/mol. The van der Waals surface area contributed by atoms with Crippen LogP contribution in [0.15, 0.2) is 67.1 Å². The van der Waals surface area contributed by atoms with E-state index in [1.807, 2.05) is 18.2 Å². The number of nitrogens with zero attached hydrogens (tertiary/aromatic N) is 3. The molecule has 1 unspecified atom stereocenters. The van der Waals surface area contributed by atoms with Crippen molar-refractivity contribution in [3.8, 4) is 11.4 Å². The summed E-state index contributed by atoms with van der Waals surface area (Å²) in [6.45, 7) is 3.21. The number of anilines is 1. The third-order valence-corrected chi connectivity index (χ3v) is 6.80. The standard InChI is InChI=1S/C27H27F3N4O2/c1-25(2,21-6-3-5-18-11-14-36-24(18)21)16-26(35,27(28,29)30)17-32-22-7-4-8-23-20(22)15-33-34(23)19-9-12-31-13-10-19/h3-10,12-13,15,32,35H,11,14,16-17H2,1-2H3. The minimum absolute atomic E-state index is 0.456. The zero-order valence-electron chi connectivity index (χ0n) is 20.0. The molecule has 0 radical (unpaired) electrons. The second-order valence-corrected chi connectivity index (χ2v) is 9.84. The highest BCUT2D eigenvalue weighted by atomic mass is 19.4. The van der Waals surface area contributed by atoms with Crippen LogP contribution >= 0.6 is 0 Å². The zero-order chi connectivity index (χ0) is 25.6. The Balaban J connectivity index is 1.43. The lowest BCUT2D eigenvalue weighted by Crippen LogP contribution is -2.53. The molecule has 2 N–H and O–H groups in total. The number of benzene rings is 2. The Morgan fingerprint density at radius 1 is 1.06 bits per heavy atom. The number of aromatic nitrogens is 3. The fourth-order valence-electron chi connectivity index (χ4n) is 4.98. The van der Waals surface area contributed by atoms with Gasteiger partial charge in [0.15, 0.2) is 5.60 Å². The number of ether oxygens (including phenoxy) is 1. The van der Waals surface area contributed by atoms with E-state index in [1.165, 1.54) is 0 Å². The lowest BCUT2D eigenvalue weighted by atomic mass is 9.74. The first-order valence-electron chi connectivity index (χ1n) is 11.7. The molecule has 1 atom stereocenters. The number of pyridine rings is 1. The van der Waals surface area contributed by atoms with Crippen LogP contribution in [-0.4, -0.2) is 44.8 Å². The first-order valence-corrected chi connectivity index (χ1v) is 11.7. The third-order valence-electron chi connectivity index (χ3n) is 6.80. The maximum atomic E-state index is 14.3. The molecule has 0 amide bonds. The van der Waals surface area contributed by atoms with Crippen LogP contribution in [0.2, 0.25) is 0 Å². The summed E-state index contributed by atoms with van der Waals surface area (Å²) in [5.74, 6) is 0.633. The first-order chi connectivity index (χ1) is 17.1. The van der Waals surface area contributed by atoms with Crippen molar-refractivity contribution in [1.29, 1.82) is 0 Å². The molecule has 0 saturated carbocycles. The Bertz CT molecular complexity index is 1390. The van der Waals surface area contributed by atoms with E-state index >= 15 is 0 Å². The number of alkyl halides is 3. The van der Waals surface area contributed by atoms with E-state index in [0.717, 1.165) is 23.2 Å². The Hall–Kier alpha value is -3.59. The van der Waals surface area contributed by atoms with Gasteiger partial charge < -0.3 is 15.2 Å². The summed E-state index contributed by atoms with van der Waals surface area (Å²) in [6, 6.07) is 14.4. The maximum Gasteiger partial charge on any atom is 0.418 e.